The number of carbonyl (C=O) groups is 2. The molecule has 0 aliphatic carbocycles. The first-order valence-corrected chi connectivity index (χ1v) is 7.04. The quantitative estimate of drug-likeness (QED) is 0.507. The zero-order chi connectivity index (χ0) is 14.4. The smallest absolute Gasteiger partial charge is 0.320 e. The lowest BCUT2D eigenvalue weighted by Crippen LogP contribution is -2.32. The van der Waals surface area contributed by atoms with Gasteiger partial charge in [0.05, 0.1) is 0 Å². The van der Waals surface area contributed by atoms with E-state index in [-0.39, 0.29) is 18.6 Å². The van der Waals surface area contributed by atoms with Gasteiger partial charge in [0.2, 0.25) is 0 Å². The molecule has 5 nitrogen and oxygen atoms in total. The standard InChI is InChI=1S/C13H17NO4S/c1-19-12(16)7-11(15)9-4-2-8(3-5-9)6-10(14)13(17)18/h2-5,10,12,16H,6-7,14H2,1H3,(H,17,18). The predicted octanol–water partition coefficient (Wildman–Crippen LogP) is 0.895. The van der Waals surface area contributed by atoms with Gasteiger partial charge in [0.25, 0.3) is 0 Å². The molecule has 1 aromatic rings. The number of rotatable bonds is 7. The highest BCUT2D eigenvalue weighted by molar-refractivity contribution is 7.99. The van der Waals surface area contributed by atoms with Crippen LogP contribution in [-0.2, 0) is 11.2 Å². The minimum atomic E-state index is -1.05. The average Bonchev–Trinajstić information content (AvgIpc) is 2.39. The third kappa shape index (κ3) is 5.02. The van der Waals surface area contributed by atoms with Crippen molar-refractivity contribution in [2.45, 2.75) is 24.3 Å². The summed E-state index contributed by atoms with van der Waals surface area (Å²) in [6, 6.07) is 5.67. The molecule has 1 aromatic carbocycles. The van der Waals surface area contributed by atoms with E-state index >= 15 is 0 Å². The minimum absolute atomic E-state index is 0.0646. The molecule has 4 N–H and O–H groups in total. The van der Waals surface area contributed by atoms with Crippen LogP contribution in [0, 0.1) is 0 Å². The van der Waals surface area contributed by atoms with Gasteiger partial charge in [0, 0.05) is 12.0 Å². The number of hydrogen-bond donors (Lipinski definition) is 3. The zero-order valence-corrected chi connectivity index (χ0v) is 11.4. The Balaban J connectivity index is 2.66. The highest BCUT2D eigenvalue weighted by atomic mass is 32.2. The summed E-state index contributed by atoms with van der Waals surface area (Å²) in [6.45, 7) is 0. The van der Waals surface area contributed by atoms with Crippen LogP contribution < -0.4 is 5.73 Å². The first-order valence-electron chi connectivity index (χ1n) is 5.75. The van der Waals surface area contributed by atoms with E-state index < -0.39 is 17.4 Å². The molecule has 1 rings (SSSR count). The third-order valence-electron chi connectivity index (χ3n) is 2.68. The molecular weight excluding hydrogens is 266 g/mol. The van der Waals surface area contributed by atoms with Crippen molar-refractivity contribution in [1.82, 2.24) is 0 Å². The Morgan fingerprint density at radius 2 is 1.89 bits per heavy atom. The number of thioether (sulfide) groups is 1. The Morgan fingerprint density at radius 1 is 1.32 bits per heavy atom. The molecule has 0 amide bonds. The fraction of sp³-hybridized carbons (Fsp3) is 0.385. The van der Waals surface area contributed by atoms with Crippen molar-refractivity contribution in [1.29, 1.82) is 0 Å². The second kappa shape index (κ2) is 7.28. The molecule has 6 heteroatoms. The van der Waals surface area contributed by atoms with Crippen molar-refractivity contribution in [3.63, 3.8) is 0 Å². The molecule has 0 spiro atoms. The molecule has 0 fully saturated rings. The molecule has 2 atom stereocenters. The average molecular weight is 283 g/mol. The van der Waals surface area contributed by atoms with Crippen LogP contribution in [0.5, 0.6) is 0 Å². The van der Waals surface area contributed by atoms with Crippen LogP contribution in [0.15, 0.2) is 24.3 Å². The zero-order valence-electron chi connectivity index (χ0n) is 10.6. The number of aliphatic hydroxyl groups is 1. The summed E-state index contributed by atoms with van der Waals surface area (Å²) in [4.78, 5) is 22.4. The maximum atomic E-state index is 11.8. The highest BCUT2D eigenvalue weighted by Gasteiger charge is 2.14. The number of aliphatic carboxylic acids is 1. The number of nitrogens with two attached hydrogens (primary N) is 1. The minimum Gasteiger partial charge on any atom is -0.480 e. The van der Waals surface area contributed by atoms with Gasteiger partial charge < -0.3 is 15.9 Å². The van der Waals surface area contributed by atoms with Crippen molar-refractivity contribution >= 4 is 23.5 Å². The second-order valence-electron chi connectivity index (χ2n) is 4.16. The Morgan fingerprint density at radius 3 is 2.37 bits per heavy atom. The lowest BCUT2D eigenvalue weighted by molar-refractivity contribution is -0.138. The molecule has 0 aliphatic rings. The lowest BCUT2D eigenvalue weighted by Gasteiger charge is -2.08. The number of aliphatic hydroxyl groups excluding tert-OH is 1. The summed E-state index contributed by atoms with van der Waals surface area (Å²) in [6.07, 6.45) is 2.01. The van der Waals surface area contributed by atoms with Gasteiger partial charge in [-0.25, -0.2) is 0 Å². The van der Waals surface area contributed by atoms with Gasteiger partial charge in [-0.2, -0.15) is 0 Å². The van der Waals surface area contributed by atoms with Crippen LogP contribution >= 0.6 is 11.8 Å². The number of carboxylic acids is 1. The Kier molecular flexibility index (Phi) is 6.01. The fourth-order valence-corrected chi connectivity index (χ4v) is 1.85. The molecule has 19 heavy (non-hydrogen) atoms. The van der Waals surface area contributed by atoms with E-state index in [1.54, 1.807) is 30.5 Å². The van der Waals surface area contributed by atoms with E-state index in [2.05, 4.69) is 0 Å². The number of ketones is 1. The molecule has 0 saturated carbocycles. The molecule has 0 aromatic heterocycles. The summed E-state index contributed by atoms with van der Waals surface area (Å²) < 4.78 is 0. The Hall–Kier alpha value is -1.37. The Bertz CT molecular complexity index is 446. The van der Waals surface area contributed by atoms with Crippen molar-refractivity contribution in [3.05, 3.63) is 35.4 Å². The van der Waals surface area contributed by atoms with Crippen molar-refractivity contribution in [2.75, 3.05) is 6.26 Å². The molecule has 104 valence electrons. The molecule has 0 saturated heterocycles. The van der Waals surface area contributed by atoms with Crippen LogP contribution in [-0.4, -0.2) is 39.7 Å². The van der Waals surface area contributed by atoms with E-state index in [1.807, 2.05) is 0 Å². The van der Waals surface area contributed by atoms with Crippen molar-refractivity contribution in [2.24, 2.45) is 5.73 Å². The first-order chi connectivity index (χ1) is 8.93. The lowest BCUT2D eigenvalue weighted by atomic mass is 10.0. The second-order valence-corrected chi connectivity index (χ2v) is 5.18. The summed E-state index contributed by atoms with van der Waals surface area (Å²) in [5.41, 5.74) is 5.99. The van der Waals surface area contributed by atoms with E-state index in [0.717, 1.165) is 5.56 Å². The Labute approximate surface area is 115 Å². The molecule has 0 bridgehead atoms. The number of Topliss-reactive ketones (excluding diaryl/α,β-unsaturated/α-hetero) is 1. The maximum Gasteiger partial charge on any atom is 0.320 e. The summed E-state index contributed by atoms with van der Waals surface area (Å²) in [7, 11) is 0. The molecule has 0 aliphatic heterocycles. The fourth-order valence-electron chi connectivity index (χ4n) is 1.53. The van der Waals surface area contributed by atoms with Crippen molar-refractivity contribution < 1.29 is 19.8 Å². The van der Waals surface area contributed by atoms with Crippen molar-refractivity contribution in [3.8, 4) is 0 Å². The SMILES string of the molecule is CSC(O)CC(=O)c1ccc(CC(N)C(=O)O)cc1. The van der Waals surface area contributed by atoms with Gasteiger partial charge >= 0.3 is 5.97 Å². The van der Waals surface area contributed by atoms with Crippen LogP contribution in [0.2, 0.25) is 0 Å². The third-order valence-corrected chi connectivity index (χ3v) is 3.39. The van der Waals surface area contributed by atoms with Crippen LogP contribution in [0.3, 0.4) is 0 Å². The van der Waals surface area contributed by atoms with E-state index in [4.69, 9.17) is 10.8 Å². The molecule has 0 heterocycles. The largest absolute Gasteiger partial charge is 0.480 e. The van der Waals surface area contributed by atoms with Gasteiger partial charge in [0.15, 0.2) is 5.78 Å². The number of carbonyl (C=O) groups excluding carboxylic acids is 1. The summed E-state index contributed by atoms with van der Waals surface area (Å²) in [5, 5.41) is 18.1. The summed E-state index contributed by atoms with van der Waals surface area (Å²) in [5.74, 6) is -1.20. The topological polar surface area (TPSA) is 101 Å². The summed E-state index contributed by atoms with van der Waals surface area (Å²) >= 11 is 1.22. The number of hydrogen-bond acceptors (Lipinski definition) is 5. The van der Waals surface area contributed by atoms with E-state index in [1.165, 1.54) is 11.8 Å². The predicted molar refractivity (Wildman–Crippen MR) is 74.2 cm³/mol. The molecular formula is C13H17NO4S. The highest BCUT2D eigenvalue weighted by Crippen LogP contribution is 2.13. The van der Waals surface area contributed by atoms with Gasteiger partial charge in [-0.1, -0.05) is 24.3 Å². The van der Waals surface area contributed by atoms with E-state index in [9.17, 15) is 14.7 Å². The van der Waals surface area contributed by atoms with E-state index in [0.29, 0.717) is 5.56 Å². The molecule has 0 radical (unpaired) electrons. The number of carboxylic acid groups (broad SMARTS) is 1. The normalized spacial score (nSPS) is 13.8. The maximum absolute atomic E-state index is 11.8. The van der Waals surface area contributed by atoms with Gasteiger partial charge in [-0.05, 0) is 18.2 Å². The molecule has 2 unspecified atom stereocenters. The van der Waals surface area contributed by atoms with Crippen LogP contribution in [0.25, 0.3) is 0 Å². The van der Waals surface area contributed by atoms with Crippen LogP contribution in [0.1, 0.15) is 22.3 Å². The van der Waals surface area contributed by atoms with Gasteiger partial charge in [0.1, 0.15) is 11.5 Å². The number of benzene rings is 1. The van der Waals surface area contributed by atoms with Crippen LogP contribution in [0.4, 0.5) is 0 Å². The van der Waals surface area contributed by atoms with Gasteiger partial charge in [-0.3, -0.25) is 9.59 Å². The first kappa shape index (κ1) is 15.7. The monoisotopic (exact) mass is 283 g/mol. The van der Waals surface area contributed by atoms with Gasteiger partial charge in [-0.15, -0.1) is 11.8 Å².